The number of hydrogen-bond donors (Lipinski definition) is 6. The molecule has 6 atom stereocenters. The van der Waals surface area contributed by atoms with Crippen molar-refractivity contribution in [3.05, 3.63) is 24.3 Å². The van der Waals surface area contributed by atoms with Crippen molar-refractivity contribution in [2.24, 2.45) is 0 Å². The van der Waals surface area contributed by atoms with Crippen LogP contribution in [0.1, 0.15) is 19.3 Å². The first-order valence-corrected chi connectivity index (χ1v) is 9.03. The maximum absolute atomic E-state index is 9.80. The van der Waals surface area contributed by atoms with Gasteiger partial charge in [-0.1, -0.05) is 24.0 Å². The maximum atomic E-state index is 9.80. The van der Waals surface area contributed by atoms with Gasteiger partial charge in [0.2, 0.25) is 0 Å². The topological polar surface area (TPSA) is 140 Å². The normalized spacial score (nSPS) is 28.6. The third kappa shape index (κ3) is 8.98. The lowest BCUT2D eigenvalue weighted by atomic mass is 9.99. The second kappa shape index (κ2) is 14.3. The zero-order valence-electron chi connectivity index (χ0n) is 15.5. The molecular weight excluding hydrogens is 368 g/mol. The molecule has 1 saturated heterocycles. The van der Waals surface area contributed by atoms with Gasteiger partial charge in [0.15, 0.2) is 6.29 Å². The standard InChI is InChI=1S/C20H28O8/c21-12-11-15(23)10-8-6-4-2-1-3-5-7-9-13-27-20-19(26)18(25)17(24)16(14-22)28-20/h4,6-7,9,15-26H,8,10-14H2/b6-4-,9-7+/t15?,16-,17-,18+,19-,20-/m1/s1. The van der Waals surface area contributed by atoms with Crippen molar-refractivity contribution in [3.63, 3.8) is 0 Å². The summed E-state index contributed by atoms with van der Waals surface area (Å²) >= 11 is 0. The third-order valence-electron chi connectivity index (χ3n) is 3.94. The van der Waals surface area contributed by atoms with Gasteiger partial charge in [-0.3, -0.25) is 0 Å². The summed E-state index contributed by atoms with van der Waals surface area (Å²) in [6.07, 6.45) is 1.14. The van der Waals surface area contributed by atoms with Gasteiger partial charge < -0.3 is 40.1 Å². The van der Waals surface area contributed by atoms with Crippen LogP contribution in [0, 0.1) is 23.7 Å². The first-order chi connectivity index (χ1) is 13.5. The van der Waals surface area contributed by atoms with Gasteiger partial charge in [-0.2, -0.15) is 0 Å². The van der Waals surface area contributed by atoms with Crippen LogP contribution in [0.15, 0.2) is 24.3 Å². The van der Waals surface area contributed by atoms with Crippen LogP contribution in [-0.2, 0) is 9.47 Å². The zero-order valence-corrected chi connectivity index (χ0v) is 15.5. The van der Waals surface area contributed by atoms with Crippen molar-refractivity contribution in [1.82, 2.24) is 0 Å². The minimum absolute atomic E-state index is 0.0264. The minimum atomic E-state index is -1.47. The maximum Gasteiger partial charge on any atom is 0.187 e. The van der Waals surface area contributed by atoms with E-state index in [1.165, 1.54) is 6.08 Å². The molecule has 156 valence electrons. The second-order valence-electron chi connectivity index (χ2n) is 6.12. The van der Waals surface area contributed by atoms with Gasteiger partial charge in [0.1, 0.15) is 24.4 Å². The third-order valence-corrected chi connectivity index (χ3v) is 3.94. The van der Waals surface area contributed by atoms with Crippen LogP contribution in [0.5, 0.6) is 0 Å². The Labute approximate surface area is 164 Å². The van der Waals surface area contributed by atoms with Gasteiger partial charge in [-0.15, -0.1) is 0 Å². The fourth-order valence-corrected chi connectivity index (χ4v) is 2.34. The summed E-state index contributed by atoms with van der Waals surface area (Å²) in [7, 11) is 0. The minimum Gasteiger partial charge on any atom is -0.396 e. The highest BCUT2D eigenvalue weighted by atomic mass is 16.7. The lowest BCUT2D eigenvalue weighted by molar-refractivity contribution is -0.298. The Morgan fingerprint density at radius 1 is 0.929 bits per heavy atom. The van der Waals surface area contributed by atoms with Crippen LogP contribution in [0.25, 0.3) is 0 Å². The molecule has 0 radical (unpaired) electrons. The smallest absolute Gasteiger partial charge is 0.187 e. The monoisotopic (exact) mass is 396 g/mol. The number of ether oxygens (including phenoxy) is 2. The van der Waals surface area contributed by atoms with Crippen molar-refractivity contribution in [2.75, 3.05) is 19.8 Å². The van der Waals surface area contributed by atoms with E-state index >= 15 is 0 Å². The lowest BCUT2D eigenvalue weighted by Crippen LogP contribution is -2.59. The van der Waals surface area contributed by atoms with E-state index in [1.54, 1.807) is 12.2 Å². The first-order valence-electron chi connectivity index (χ1n) is 9.03. The van der Waals surface area contributed by atoms with Crippen LogP contribution in [0.3, 0.4) is 0 Å². The molecule has 0 aromatic rings. The van der Waals surface area contributed by atoms with Crippen molar-refractivity contribution >= 4 is 0 Å². The van der Waals surface area contributed by atoms with Crippen molar-refractivity contribution in [1.29, 1.82) is 0 Å². The van der Waals surface area contributed by atoms with Gasteiger partial charge in [0, 0.05) is 6.61 Å². The van der Waals surface area contributed by atoms with Crippen LogP contribution < -0.4 is 0 Å². The molecule has 1 aliphatic rings. The number of rotatable bonds is 9. The molecule has 0 saturated carbocycles. The summed E-state index contributed by atoms with van der Waals surface area (Å²) in [5, 5.41) is 56.3. The Morgan fingerprint density at radius 2 is 1.61 bits per heavy atom. The average molecular weight is 396 g/mol. The number of aliphatic hydroxyl groups is 6. The molecule has 8 nitrogen and oxygen atoms in total. The summed E-state index contributed by atoms with van der Waals surface area (Å²) < 4.78 is 10.5. The summed E-state index contributed by atoms with van der Waals surface area (Å²) in [6.45, 7) is -0.495. The van der Waals surface area contributed by atoms with E-state index in [0.717, 1.165) is 0 Å². The van der Waals surface area contributed by atoms with E-state index in [2.05, 4.69) is 23.7 Å². The summed E-state index contributed by atoms with van der Waals surface area (Å²) in [5.74, 6) is 10.6. The summed E-state index contributed by atoms with van der Waals surface area (Å²) in [4.78, 5) is 0. The van der Waals surface area contributed by atoms with E-state index in [-0.39, 0.29) is 13.2 Å². The van der Waals surface area contributed by atoms with E-state index < -0.39 is 43.4 Å². The Kier molecular flexibility index (Phi) is 12.4. The molecule has 6 N–H and O–H groups in total. The Morgan fingerprint density at radius 3 is 2.25 bits per heavy atom. The molecule has 0 bridgehead atoms. The van der Waals surface area contributed by atoms with Crippen LogP contribution >= 0.6 is 0 Å². The number of aliphatic hydroxyl groups excluding tert-OH is 6. The van der Waals surface area contributed by atoms with E-state index in [9.17, 15) is 20.4 Å². The van der Waals surface area contributed by atoms with Crippen molar-refractivity contribution < 1.29 is 40.1 Å². The highest BCUT2D eigenvalue weighted by Crippen LogP contribution is 2.21. The molecule has 1 unspecified atom stereocenters. The van der Waals surface area contributed by atoms with E-state index in [0.29, 0.717) is 19.3 Å². The zero-order chi connectivity index (χ0) is 20.8. The molecule has 1 heterocycles. The Hall–Kier alpha value is -1.72. The van der Waals surface area contributed by atoms with Crippen molar-refractivity contribution in [2.45, 2.75) is 56.1 Å². The molecule has 28 heavy (non-hydrogen) atoms. The van der Waals surface area contributed by atoms with Crippen LogP contribution in [-0.4, -0.2) is 87.3 Å². The molecule has 1 rings (SSSR count). The Bertz CT molecular complexity index is 607. The fraction of sp³-hybridized carbons (Fsp3) is 0.600. The molecule has 0 aromatic carbocycles. The van der Waals surface area contributed by atoms with Crippen LogP contribution in [0.2, 0.25) is 0 Å². The summed E-state index contributed by atoms with van der Waals surface area (Å²) in [5.41, 5.74) is 0. The van der Waals surface area contributed by atoms with Crippen molar-refractivity contribution in [3.8, 4) is 23.7 Å². The highest BCUT2D eigenvalue weighted by molar-refractivity contribution is 5.33. The lowest BCUT2D eigenvalue weighted by Gasteiger charge is -2.39. The first kappa shape index (κ1) is 24.3. The van der Waals surface area contributed by atoms with E-state index in [4.69, 9.17) is 19.7 Å². The van der Waals surface area contributed by atoms with Gasteiger partial charge in [-0.25, -0.2) is 0 Å². The number of hydrogen-bond acceptors (Lipinski definition) is 8. The average Bonchev–Trinajstić information content (AvgIpc) is 2.68. The highest BCUT2D eigenvalue weighted by Gasteiger charge is 2.43. The fourth-order valence-electron chi connectivity index (χ4n) is 2.34. The SMILES string of the molecule is OCCC(O)CC/C=C\C#CC#C/C=C/CO[C@@H]1O[C@H](CO)[C@@H](O)[C@H](O)[C@H]1O. The molecule has 1 fully saturated rings. The van der Waals surface area contributed by atoms with Gasteiger partial charge in [0.25, 0.3) is 0 Å². The summed E-state index contributed by atoms with van der Waals surface area (Å²) in [6, 6.07) is 0. The largest absolute Gasteiger partial charge is 0.396 e. The van der Waals surface area contributed by atoms with Gasteiger partial charge >= 0.3 is 0 Å². The van der Waals surface area contributed by atoms with Gasteiger partial charge in [-0.05, 0) is 43.3 Å². The quantitative estimate of drug-likeness (QED) is 0.257. The predicted octanol–water partition coefficient (Wildman–Crippen LogP) is -1.55. The van der Waals surface area contributed by atoms with E-state index in [1.807, 2.05) is 6.08 Å². The number of allylic oxidation sites excluding steroid dienone is 3. The molecule has 0 spiro atoms. The molecule has 0 amide bonds. The molecular formula is C20H28O8. The van der Waals surface area contributed by atoms with Crippen LogP contribution in [0.4, 0.5) is 0 Å². The predicted molar refractivity (Wildman–Crippen MR) is 100 cm³/mol. The molecule has 0 aromatic heterocycles. The Balaban J connectivity index is 2.27. The molecule has 0 aliphatic carbocycles. The molecule has 1 aliphatic heterocycles. The van der Waals surface area contributed by atoms with Gasteiger partial charge in [0.05, 0.1) is 19.3 Å². The second-order valence-corrected chi connectivity index (χ2v) is 6.12. The molecule has 8 heteroatoms.